The minimum atomic E-state index is -1.10. The lowest BCUT2D eigenvalue weighted by Crippen LogP contribution is -2.47. The van der Waals surface area contributed by atoms with Gasteiger partial charge in [-0.25, -0.2) is 4.79 Å². The van der Waals surface area contributed by atoms with Gasteiger partial charge in [0.05, 0.1) is 0 Å². The van der Waals surface area contributed by atoms with Gasteiger partial charge in [-0.1, -0.05) is 80.4 Å². The molecule has 0 radical (unpaired) electrons. The van der Waals surface area contributed by atoms with E-state index in [1.807, 2.05) is 80.6 Å². The Kier molecular flexibility index (Phi) is 8.79. The molecule has 0 aliphatic carbocycles. The van der Waals surface area contributed by atoms with E-state index in [1.54, 1.807) is 6.20 Å². The summed E-state index contributed by atoms with van der Waals surface area (Å²) >= 11 is 0. The lowest BCUT2D eigenvalue weighted by Gasteiger charge is -2.23. The van der Waals surface area contributed by atoms with Crippen LogP contribution in [0.5, 0.6) is 0 Å². The number of carboxylic acids is 1. The summed E-state index contributed by atoms with van der Waals surface area (Å²) in [5, 5.41) is 12.4. The summed E-state index contributed by atoms with van der Waals surface area (Å²) in [6.45, 7) is 3.92. The minimum Gasteiger partial charge on any atom is -0.480 e. The number of pyridine rings is 1. The highest BCUT2D eigenvalue weighted by Crippen LogP contribution is 2.17. The third-order valence-corrected chi connectivity index (χ3v) is 5.86. The molecule has 34 heavy (non-hydrogen) atoms. The van der Waals surface area contributed by atoms with E-state index in [2.05, 4.69) is 5.32 Å². The van der Waals surface area contributed by atoms with Crippen molar-refractivity contribution in [2.45, 2.75) is 58.0 Å². The molecule has 178 valence electrons. The third-order valence-electron chi connectivity index (χ3n) is 5.86. The predicted octanol–water partition coefficient (Wildman–Crippen LogP) is 4.29. The van der Waals surface area contributed by atoms with Crippen LogP contribution in [0.3, 0.4) is 0 Å². The number of carbonyl (C=O) groups is 2. The summed E-state index contributed by atoms with van der Waals surface area (Å²) < 4.78 is 1.49. The number of unbranched alkanes of at least 4 members (excludes halogenated alkanes) is 1. The van der Waals surface area contributed by atoms with Gasteiger partial charge in [-0.3, -0.25) is 9.59 Å². The van der Waals surface area contributed by atoms with Crippen molar-refractivity contribution in [1.29, 1.82) is 0 Å². The van der Waals surface area contributed by atoms with Crippen LogP contribution in [-0.4, -0.2) is 27.6 Å². The summed E-state index contributed by atoms with van der Waals surface area (Å²) in [6.07, 6.45) is 4.38. The van der Waals surface area contributed by atoms with E-state index in [4.69, 9.17) is 0 Å². The summed E-state index contributed by atoms with van der Waals surface area (Å²) in [6, 6.07) is 18.9. The van der Waals surface area contributed by atoms with Gasteiger partial charge in [0.1, 0.15) is 12.1 Å². The number of benzene rings is 2. The number of nitrogens with zero attached hydrogens (tertiary/aromatic N) is 1. The molecular formula is C28H32N2O4. The maximum atomic E-state index is 13.4. The van der Waals surface area contributed by atoms with E-state index in [0.717, 1.165) is 29.5 Å². The topological polar surface area (TPSA) is 88.4 Å². The zero-order valence-electron chi connectivity index (χ0n) is 19.7. The Balaban J connectivity index is 1.90. The molecule has 1 unspecified atom stereocenters. The van der Waals surface area contributed by atoms with Crippen LogP contribution < -0.4 is 10.9 Å². The first-order valence-electron chi connectivity index (χ1n) is 11.7. The Morgan fingerprint density at radius 1 is 1.00 bits per heavy atom. The van der Waals surface area contributed by atoms with Crippen molar-refractivity contribution in [3.63, 3.8) is 0 Å². The average molecular weight is 461 g/mol. The zero-order valence-corrected chi connectivity index (χ0v) is 19.7. The molecule has 1 heterocycles. The second-order valence-electron chi connectivity index (χ2n) is 8.66. The largest absolute Gasteiger partial charge is 0.480 e. The van der Waals surface area contributed by atoms with E-state index < -0.39 is 24.0 Å². The standard InChI is InChI=1S/C28H32N2O4/c1-3-4-15-25(26(31)29-24(28(33)34)18-22-13-9-6-10-14-22)30-19-20(2)16-23(27(30)32)17-21-11-7-5-8-12-21/h5-14,16,19,24-25H,3-4,15,17-18H2,1-2H3,(H,29,31)(H,33,34)/t24-,25?/m1/s1. The van der Waals surface area contributed by atoms with Crippen LogP contribution in [0.2, 0.25) is 0 Å². The molecule has 6 nitrogen and oxygen atoms in total. The molecule has 0 saturated heterocycles. The molecule has 0 aliphatic rings. The number of carbonyl (C=O) groups excluding carboxylic acids is 1. The van der Waals surface area contributed by atoms with Gasteiger partial charge in [0.25, 0.3) is 5.56 Å². The molecule has 3 rings (SSSR count). The molecule has 0 fully saturated rings. The molecule has 1 amide bonds. The van der Waals surface area contributed by atoms with Crippen molar-refractivity contribution in [1.82, 2.24) is 9.88 Å². The number of aliphatic carboxylic acids is 1. The SMILES string of the molecule is CCCCC(C(=O)N[C@H](Cc1ccccc1)C(=O)O)n1cc(C)cc(Cc2ccccc2)c1=O. The number of amides is 1. The molecule has 1 aromatic heterocycles. The lowest BCUT2D eigenvalue weighted by molar-refractivity contribution is -0.142. The first-order chi connectivity index (χ1) is 16.4. The van der Waals surface area contributed by atoms with Crippen molar-refractivity contribution >= 4 is 11.9 Å². The fourth-order valence-electron chi connectivity index (χ4n) is 4.10. The van der Waals surface area contributed by atoms with Crippen LogP contribution >= 0.6 is 0 Å². The Morgan fingerprint density at radius 3 is 2.21 bits per heavy atom. The number of nitrogens with one attached hydrogen (secondary N) is 1. The fourth-order valence-corrected chi connectivity index (χ4v) is 4.10. The van der Waals surface area contributed by atoms with Crippen LogP contribution in [0.15, 0.2) is 77.7 Å². The number of hydrogen-bond donors (Lipinski definition) is 2. The number of aromatic nitrogens is 1. The highest BCUT2D eigenvalue weighted by Gasteiger charge is 2.27. The molecule has 2 N–H and O–H groups in total. The van der Waals surface area contributed by atoms with Gasteiger partial charge in [-0.05, 0) is 36.1 Å². The molecule has 2 aromatic carbocycles. The number of carboxylic acid groups (broad SMARTS) is 1. The first kappa shape index (κ1) is 25.0. The van der Waals surface area contributed by atoms with Gasteiger partial charge in [0.2, 0.25) is 5.91 Å². The third kappa shape index (κ3) is 6.67. The van der Waals surface area contributed by atoms with Gasteiger partial charge in [0, 0.05) is 24.6 Å². The van der Waals surface area contributed by atoms with Gasteiger partial charge in [0.15, 0.2) is 0 Å². The minimum absolute atomic E-state index is 0.171. The van der Waals surface area contributed by atoms with Gasteiger partial charge >= 0.3 is 5.97 Å². The zero-order chi connectivity index (χ0) is 24.5. The van der Waals surface area contributed by atoms with E-state index in [0.29, 0.717) is 18.4 Å². The van der Waals surface area contributed by atoms with Crippen LogP contribution in [0.4, 0.5) is 0 Å². The Bertz CT molecular complexity index is 1160. The van der Waals surface area contributed by atoms with Crippen molar-refractivity contribution < 1.29 is 14.7 Å². The van der Waals surface area contributed by atoms with E-state index >= 15 is 0 Å². The second-order valence-corrected chi connectivity index (χ2v) is 8.66. The van der Waals surface area contributed by atoms with Gasteiger partial charge < -0.3 is 15.0 Å². The van der Waals surface area contributed by atoms with Gasteiger partial charge in [-0.2, -0.15) is 0 Å². The van der Waals surface area contributed by atoms with Crippen molar-refractivity contribution in [3.05, 3.63) is 106 Å². The van der Waals surface area contributed by atoms with E-state index in [1.165, 1.54) is 4.57 Å². The predicted molar refractivity (Wildman–Crippen MR) is 133 cm³/mol. The molecule has 3 aromatic rings. The number of aryl methyl sites for hydroxylation is 1. The maximum absolute atomic E-state index is 13.4. The summed E-state index contributed by atoms with van der Waals surface area (Å²) in [5.41, 5.74) is 3.09. The number of rotatable bonds is 11. The monoisotopic (exact) mass is 460 g/mol. The fraction of sp³-hybridized carbons (Fsp3) is 0.321. The van der Waals surface area contributed by atoms with Crippen molar-refractivity contribution in [2.75, 3.05) is 0 Å². The van der Waals surface area contributed by atoms with E-state index in [-0.39, 0.29) is 12.0 Å². The highest BCUT2D eigenvalue weighted by molar-refractivity contribution is 5.86. The van der Waals surface area contributed by atoms with Crippen LogP contribution in [0.1, 0.15) is 54.5 Å². The second kappa shape index (κ2) is 12.0. The molecule has 6 heteroatoms. The summed E-state index contributed by atoms with van der Waals surface area (Å²) in [7, 11) is 0. The molecule has 0 bridgehead atoms. The average Bonchev–Trinajstić information content (AvgIpc) is 2.83. The number of hydrogen-bond acceptors (Lipinski definition) is 3. The van der Waals surface area contributed by atoms with Crippen LogP contribution in [-0.2, 0) is 22.4 Å². The lowest BCUT2D eigenvalue weighted by atomic mass is 10.0. The quantitative estimate of drug-likeness (QED) is 0.447. The Labute approximate surface area is 200 Å². The molecule has 0 saturated carbocycles. The molecule has 0 aliphatic heterocycles. The Hall–Kier alpha value is -3.67. The van der Waals surface area contributed by atoms with Crippen LogP contribution in [0, 0.1) is 6.92 Å². The van der Waals surface area contributed by atoms with Gasteiger partial charge in [-0.15, -0.1) is 0 Å². The highest BCUT2D eigenvalue weighted by atomic mass is 16.4. The smallest absolute Gasteiger partial charge is 0.326 e. The normalized spacial score (nSPS) is 12.6. The molecule has 2 atom stereocenters. The van der Waals surface area contributed by atoms with E-state index in [9.17, 15) is 19.5 Å². The van der Waals surface area contributed by atoms with Crippen molar-refractivity contribution in [2.24, 2.45) is 0 Å². The summed E-state index contributed by atoms with van der Waals surface area (Å²) in [5.74, 6) is -1.55. The Morgan fingerprint density at radius 2 is 1.62 bits per heavy atom. The summed E-state index contributed by atoms with van der Waals surface area (Å²) in [4.78, 5) is 38.7. The van der Waals surface area contributed by atoms with Crippen molar-refractivity contribution in [3.8, 4) is 0 Å². The molecule has 0 spiro atoms. The maximum Gasteiger partial charge on any atom is 0.326 e. The first-order valence-corrected chi connectivity index (χ1v) is 11.7. The molecular weight excluding hydrogens is 428 g/mol. The van der Waals surface area contributed by atoms with Crippen LogP contribution in [0.25, 0.3) is 0 Å².